The van der Waals surface area contributed by atoms with Crippen LogP contribution in [0, 0.1) is 0 Å². The summed E-state index contributed by atoms with van der Waals surface area (Å²) in [6.45, 7) is 0. The normalized spacial score (nSPS) is 11.4. The lowest BCUT2D eigenvalue weighted by molar-refractivity contribution is -0.111. The molecule has 1 aromatic heterocycles. The summed E-state index contributed by atoms with van der Waals surface area (Å²) in [7, 11) is 0. The number of nitrogens with one attached hydrogen (secondary N) is 1. The molecule has 138 valence electrons. The topological polar surface area (TPSA) is 59.3 Å². The highest BCUT2D eigenvalue weighted by atomic mass is 35.5. The molecule has 0 unspecified atom stereocenters. The first kappa shape index (κ1) is 18.3. The standard InChI is InChI=1S/C22H13Cl2NO3/c23-17-7-3-5-14(21(17)24)9-11-20(26)25-18-12-16-15-6-2-1-4-13(15)8-10-19(16)28-22(18)27/h1-12H,(H,25,26)/b11-9+. The minimum atomic E-state index is -0.620. The Labute approximate surface area is 170 Å². The molecule has 4 aromatic rings. The van der Waals surface area contributed by atoms with E-state index >= 15 is 0 Å². The van der Waals surface area contributed by atoms with Crippen molar-refractivity contribution in [2.45, 2.75) is 0 Å². The molecule has 0 saturated carbocycles. The minimum absolute atomic E-state index is 0.0655. The Bertz CT molecular complexity index is 1310. The monoisotopic (exact) mass is 409 g/mol. The van der Waals surface area contributed by atoms with Crippen LogP contribution in [0.2, 0.25) is 10.0 Å². The van der Waals surface area contributed by atoms with E-state index in [1.165, 1.54) is 12.2 Å². The van der Waals surface area contributed by atoms with Crippen molar-refractivity contribution >= 4 is 62.6 Å². The molecule has 0 atom stereocenters. The van der Waals surface area contributed by atoms with Crippen molar-refractivity contribution in [1.82, 2.24) is 0 Å². The Hall–Kier alpha value is -3.08. The molecule has 0 saturated heterocycles. The van der Waals surface area contributed by atoms with E-state index < -0.39 is 11.5 Å². The lowest BCUT2D eigenvalue weighted by Crippen LogP contribution is -2.15. The van der Waals surface area contributed by atoms with Crippen molar-refractivity contribution in [2.75, 3.05) is 5.32 Å². The second kappa shape index (κ2) is 7.50. The predicted molar refractivity (Wildman–Crippen MR) is 114 cm³/mol. The summed E-state index contributed by atoms with van der Waals surface area (Å²) in [6, 6.07) is 18.1. The van der Waals surface area contributed by atoms with Gasteiger partial charge >= 0.3 is 5.63 Å². The molecule has 0 fully saturated rings. The van der Waals surface area contributed by atoms with Gasteiger partial charge in [-0.25, -0.2) is 4.79 Å². The summed E-state index contributed by atoms with van der Waals surface area (Å²) in [4.78, 5) is 24.5. The maximum atomic E-state index is 12.3. The summed E-state index contributed by atoms with van der Waals surface area (Å²) in [5.41, 5.74) is 0.504. The van der Waals surface area contributed by atoms with E-state index in [9.17, 15) is 9.59 Å². The van der Waals surface area contributed by atoms with Crippen molar-refractivity contribution in [1.29, 1.82) is 0 Å². The molecule has 4 rings (SSSR count). The first-order valence-electron chi connectivity index (χ1n) is 8.41. The fourth-order valence-electron chi connectivity index (χ4n) is 2.95. The predicted octanol–water partition coefficient (Wildman–Crippen LogP) is 5.90. The van der Waals surface area contributed by atoms with Crippen LogP contribution in [0.4, 0.5) is 5.69 Å². The van der Waals surface area contributed by atoms with Gasteiger partial charge < -0.3 is 9.73 Å². The highest BCUT2D eigenvalue weighted by molar-refractivity contribution is 6.42. The van der Waals surface area contributed by atoms with Gasteiger partial charge in [-0.2, -0.15) is 0 Å². The Morgan fingerprint density at radius 3 is 2.64 bits per heavy atom. The summed E-state index contributed by atoms with van der Waals surface area (Å²) in [6.07, 6.45) is 2.81. The van der Waals surface area contributed by atoms with E-state index in [2.05, 4.69) is 5.32 Å². The number of hydrogen-bond acceptors (Lipinski definition) is 3. The number of hydrogen-bond donors (Lipinski definition) is 1. The van der Waals surface area contributed by atoms with Crippen molar-refractivity contribution in [3.8, 4) is 0 Å². The number of carbonyl (C=O) groups excluding carboxylic acids is 1. The highest BCUT2D eigenvalue weighted by Crippen LogP contribution is 2.27. The van der Waals surface area contributed by atoms with Gasteiger partial charge in [-0.05, 0) is 40.6 Å². The van der Waals surface area contributed by atoms with Gasteiger partial charge in [-0.1, -0.05) is 65.7 Å². The molecule has 0 radical (unpaired) electrons. The van der Waals surface area contributed by atoms with Crippen molar-refractivity contribution in [3.63, 3.8) is 0 Å². The molecule has 3 aromatic carbocycles. The number of carbonyl (C=O) groups is 1. The first-order chi connectivity index (χ1) is 13.5. The number of anilines is 1. The lowest BCUT2D eigenvalue weighted by Gasteiger charge is -2.06. The molecule has 0 aliphatic carbocycles. The van der Waals surface area contributed by atoms with E-state index in [4.69, 9.17) is 27.6 Å². The Morgan fingerprint density at radius 2 is 1.79 bits per heavy atom. The van der Waals surface area contributed by atoms with Crippen molar-refractivity contribution < 1.29 is 9.21 Å². The van der Waals surface area contributed by atoms with Gasteiger partial charge in [0.05, 0.1) is 10.0 Å². The highest BCUT2D eigenvalue weighted by Gasteiger charge is 2.10. The quantitative estimate of drug-likeness (QED) is 0.260. The van der Waals surface area contributed by atoms with Crippen LogP contribution in [0.3, 0.4) is 0 Å². The van der Waals surface area contributed by atoms with Crippen LogP contribution in [0.25, 0.3) is 27.8 Å². The fraction of sp³-hybridized carbons (Fsp3) is 0. The van der Waals surface area contributed by atoms with E-state index in [-0.39, 0.29) is 5.69 Å². The molecular weight excluding hydrogens is 397 g/mol. The minimum Gasteiger partial charge on any atom is -0.421 e. The zero-order valence-electron chi connectivity index (χ0n) is 14.4. The molecule has 0 spiro atoms. The third kappa shape index (κ3) is 3.52. The molecule has 6 heteroatoms. The molecule has 0 bridgehead atoms. The average molecular weight is 410 g/mol. The number of amides is 1. The van der Waals surface area contributed by atoms with Gasteiger partial charge in [0.15, 0.2) is 0 Å². The smallest absolute Gasteiger partial charge is 0.360 e. The number of rotatable bonds is 3. The van der Waals surface area contributed by atoms with Gasteiger partial charge in [-0.15, -0.1) is 0 Å². The van der Waals surface area contributed by atoms with Crippen LogP contribution >= 0.6 is 23.2 Å². The first-order valence-corrected chi connectivity index (χ1v) is 9.17. The fourth-order valence-corrected chi connectivity index (χ4v) is 3.32. The van der Waals surface area contributed by atoms with Gasteiger partial charge in [0.25, 0.3) is 0 Å². The second-order valence-corrected chi connectivity index (χ2v) is 6.90. The Morgan fingerprint density at radius 1 is 0.964 bits per heavy atom. The molecular formula is C22H13Cl2NO3. The third-order valence-electron chi connectivity index (χ3n) is 4.30. The zero-order chi connectivity index (χ0) is 19.7. The summed E-state index contributed by atoms with van der Waals surface area (Å²) < 4.78 is 5.37. The SMILES string of the molecule is O=C(/C=C/c1cccc(Cl)c1Cl)Nc1cc2c(ccc3ccccc32)oc1=O. The number of fused-ring (bicyclic) bond motifs is 3. The molecule has 28 heavy (non-hydrogen) atoms. The average Bonchev–Trinajstić information content (AvgIpc) is 2.69. The van der Waals surface area contributed by atoms with Crippen LogP contribution in [0.5, 0.6) is 0 Å². The maximum Gasteiger partial charge on any atom is 0.360 e. The second-order valence-electron chi connectivity index (χ2n) is 6.11. The molecule has 0 aliphatic heterocycles. The van der Waals surface area contributed by atoms with Crippen LogP contribution in [-0.2, 0) is 4.79 Å². The number of benzene rings is 3. The van der Waals surface area contributed by atoms with Crippen LogP contribution in [-0.4, -0.2) is 5.91 Å². The van der Waals surface area contributed by atoms with Gasteiger partial charge in [0.2, 0.25) is 5.91 Å². The molecule has 1 amide bonds. The Kier molecular flexibility index (Phi) is 4.90. The van der Waals surface area contributed by atoms with E-state index in [0.717, 1.165) is 16.2 Å². The zero-order valence-corrected chi connectivity index (χ0v) is 15.9. The Balaban J connectivity index is 1.67. The van der Waals surface area contributed by atoms with Crippen LogP contribution in [0.1, 0.15) is 5.56 Å². The summed E-state index contributed by atoms with van der Waals surface area (Å²) in [5.74, 6) is -0.483. The summed E-state index contributed by atoms with van der Waals surface area (Å²) in [5, 5.41) is 6.00. The molecule has 4 nitrogen and oxygen atoms in total. The van der Waals surface area contributed by atoms with Crippen molar-refractivity contribution in [3.05, 3.63) is 92.8 Å². The lowest BCUT2D eigenvalue weighted by atomic mass is 10.1. The number of halogens is 2. The van der Waals surface area contributed by atoms with Crippen LogP contribution < -0.4 is 10.9 Å². The molecule has 1 heterocycles. The van der Waals surface area contributed by atoms with Gasteiger partial charge in [0, 0.05) is 11.5 Å². The van der Waals surface area contributed by atoms with E-state index in [0.29, 0.717) is 21.2 Å². The largest absolute Gasteiger partial charge is 0.421 e. The molecule has 0 aliphatic rings. The third-order valence-corrected chi connectivity index (χ3v) is 5.13. The summed E-state index contributed by atoms with van der Waals surface area (Å²) >= 11 is 12.1. The van der Waals surface area contributed by atoms with Crippen LogP contribution in [0.15, 0.2) is 76.0 Å². The molecule has 1 N–H and O–H groups in total. The van der Waals surface area contributed by atoms with E-state index in [1.54, 1.807) is 30.3 Å². The van der Waals surface area contributed by atoms with Gasteiger partial charge in [0.1, 0.15) is 11.3 Å². The van der Waals surface area contributed by atoms with E-state index in [1.807, 2.05) is 30.3 Å². The maximum absolute atomic E-state index is 12.3. The van der Waals surface area contributed by atoms with Gasteiger partial charge in [-0.3, -0.25) is 4.79 Å². The van der Waals surface area contributed by atoms with Crippen molar-refractivity contribution in [2.24, 2.45) is 0 Å².